The van der Waals surface area contributed by atoms with Crippen LogP contribution < -0.4 is 16.0 Å². The van der Waals surface area contributed by atoms with Crippen LogP contribution in [0.25, 0.3) is 0 Å². The highest BCUT2D eigenvalue weighted by Gasteiger charge is 2.20. The van der Waals surface area contributed by atoms with Crippen LogP contribution in [0.4, 0.5) is 0 Å². The van der Waals surface area contributed by atoms with Gasteiger partial charge in [-0.25, -0.2) is 4.99 Å². The van der Waals surface area contributed by atoms with Gasteiger partial charge in [-0.1, -0.05) is 6.92 Å². The van der Waals surface area contributed by atoms with Crippen LogP contribution in [0.2, 0.25) is 0 Å². The number of hydrogen-bond donors (Lipinski definition) is 3. The molecule has 7 nitrogen and oxygen atoms in total. The summed E-state index contributed by atoms with van der Waals surface area (Å²) < 4.78 is 0. The molecule has 1 heterocycles. The summed E-state index contributed by atoms with van der Waals surface area (Å²) in [6.07, 6.45) is 0. The van der Waals surface area contributed by atoms with Gasteiger partial charge in [0.2, 0.25) is 5.91 Å². The Labute approximate surface area is 176 Å². The number of nitrogens with zero attached hydrogens (tertiary/aromatic N) is 3. The molecule has 1 amide bonds. The third-order valence-corrected chi connectivity index (χ3v) is 4.28. The molecule has 3 N–H and O–H groups in total. The summed E-state index contributed by atoms with van der Waals surface area (Å²) in [5, 5.41) is 9.50. The van der Waals surface area contributed by atoms with E-state index in [9.17, 15) is 4.79 Å². The van der Waals surface area contributed by atoms with Gasteiger partial charge >= 0.3 is 0 Å². The molecule has 8 heteroatoms. The Bertz CT molecular complexity index is 430. The van der Waals surface area contributed by atoms with E-state index in [-0.39, 0.29) is 42.0 Å². The molecule has 1 aliphatic heterocycles. The number of rotatable bonds is 7. The van der Waals surface area contributed by atoms with Crippen molar-refractivity contribution in [3.05, 3.63) is 0 Å². The van der Waals surface area contributed by atoms with Crippen LogP contribution in [-0.4, -0.2) is 85.6 Å². The second kappa shape index (κ2) is 12.7. The average molecular weight is 482 g/mol. The molecule has 0 radical (unpaired) electrons. The maximum absolute atomic E-state index is 11.9. The minimum Gasteiger partial charge on any atom is -0.357 e. The van der Waals surface area contributed by atoms with Gasteiger partial charge in [0.15, 0.2) is 5.96 Å². The van der Waals surface area contributed by atoms with Gasteiger partial charge in [0.05, 0.1) is 0 Å². The molecule has 1 aliphatic rings. The number of halogens is 1. The fourth-order valence-electron chi connectivity index (χ4n) is 2.84. The predicted molar refractivity (Wildman–Crippen MR) is 120 cm³/mol. The molecule has 1 fully saturated rings. The van der Waals surface area contributed by atoms with Gasteiger partial charge in [-0.2, -0.15) is 0 Å². The molecule has 0 aromatic heterocycles. The van der Waals surface area contributed by atoms with Crippen molar-refractivity contribution in [1.29, 1.82) is 0 Å². The van der Waals surface area contributed by atoms with Gasteiger partial charge in [-0.3, -0.25) is 9.69 Å². The highest BCUT2D eigenvalue weighted by atomic mass is 127. The van der Waals surface area contributed by atoms with Gasteiger partial charge in [0.25, 0.3) is 0 Å². The van der Waals surface area contributed by atoms with Crippen molar-refractivity contribution in [2.45, 2.75) is 53.1 Å². The standard InChI is InChI=1S/C18H38N6O.HI/c1-7-19-17(21-14-16(25)22-18(4,5)6)20-13-15(3)24-11-9-23(8-2)10-12-24;/h15H,7-14H2,1-6H3,(H,22,25)(H2,19,20,21);1H. The van der Waals surface area contributed by atoms with Crippen molar-refractivity contribution < 1.29 is 4.79 Å². The smallest absolute Gasteiger partial charge is 0.242 e. The lowest BCUT2D eigenvalue weighted by atomic mass is 10.1. The number of amides is 1. The van der Waals surface area contributed by atoms with Crippen molar-refractivity contribution in [3.63, 3.8) is 0 Å². The van der Waals surface area contributed by atoms with Crippen LogP contribution in [0, 0.1) is 0 Å². The Balaban J connectivity index is 0.00000625. The first-order chi connectivity index (χ1) is 11.7. The fraction of sp³-hybridized carbons (Fsp3) is 0.889. The molecule has 1 unspecified atom stereocenters. The van der Waals surface area contributed by atoms with Crippen LogP contribution in [0.15, 0.2) is 4.99 Å². The van der Waals surface area contributed by atoms with Crippen LogP contribution >= 0.6 is 24.0 Å². The SMILES string of the molecule is CCNC(=NCC(=O)NC(C)(C)C)NCC(C)N1CCN(CC)CC1.I. The largest absolute Gasteiger partial charge is 0.357 e. The Morgan fingerprint density at radius 3 is 2.23 bits per heavy atom. The number of likely N-dealkylation sites (N-methyl/N-ethyl adjacent to an activating group) is 1. The Morgan fingerprint density at radius 1 is 1.12 bits per heavy atom. The first kappa shape index (κ1) is 25.4. The van der Waals surface area contributed by atoms with Crippen molar-refractivity contribution in [1.82, 2.24) is 25.8 Å². The van der Waals surface area contributed by atoms with Crippen LogP contribution in [0.1, 0.15) is 41.5 Å². The zero-order chi connectivity index (χ0) is 18.9. The number of hydrogen-bond acceptors (Lipinski definition) is 4. The average Bonchev–Trinajstić information content (AvgIpc) is 2.55. The highest BCUT2D eigenvalue weighted by Crippen LogP contribution is 2.05. The first-order valence-corrected chi connectivity index (χ1v) is 9.54. The molecule has 0 aliphatic carbocycles. The van der Waals surface area contributed by atoms with E-state index >= 15 is 0 Å². The van der Waals surface area contributed by atoms with E-state index in [2.05, 4.69) is 44.6 Å². The first-order valence-electron chi connectivity index (χ1n) is 9.54. The third kappa shape index (κ3) is 10.5. The quantitative estimate of drug-likeness (QED) is 0.288. The summed E-state index contributed by atoms with van der Waals surface area (Å²) in [6, 6.07) is 0.436. The maximum Gasteiger partial charge on any atom is 0.242 e. The second-order valence-corrected chi connectivity index (χ2v) is 7.69. The summed E-state index contributed by atoms with van der Waals surface area (Å²) in [6.45, 7) is 19.8. The molecule has 154 valence electrons. The summed E-state index contributed by atoms with van der Waals surface area (Å²) in [4.78, 5) is 21.3. The van der Waals surface area contributed by atoms with Gasteiger partial charge in [-0.05, 0) is 41.2 Å². The van der Waals surface area contributed by atoms with E-state index in [1.165, 1.54) is 0 Å². The number of piperazine rings is 1. The molecule has 1 atom stereocenters. The number of carbonyl (C=O) groups excluding carboxylic acids is 1. The minimum absolute atomic E-state index is 0. The van der Waals surface area contributed by atoms with Crippen LogP contribution in [0.3, 0.4) is 0 Å². The Morgan fingerprint density at radius 2 is 1.73 bits per heavy atom. The second-order valence-electron chi connectivity index (χ2n) is 7.69. The number of nitrogens with one attached hydrogen (secondary N) is 3. The van der Waals surface area contributed by atoms with E-state index in [0.29, 0.717) is 12.0 Å². The fourth-order valence-corrected chi connectivity index (χ4v) is 2.84. The third-order valence-electron chi connectivity index (χ3n) is 4.28. The summed E-state index contributed by atoms with van der Waals surface area (Å²) >= 11 is 0. The number of carbonyl (C=O) groups is 1. The minimum atomic E-state index is -0.229. The highest BCUT2D eigenvalue weighted by molar-refractivity contribution is 14.0. The lowest BCUT2D eigenvalue weighted by Gasteiger charge is -2.37. The van der Waals surface area contributed by atoms with Crippen LogP contribution in [-0.2, 0) is 4.79 Å². The lowest BCUT2D eigenvalue weighted by molar-refractivity contribution is -0.121. The van der Waals surface area contributed by atoms with Gasteiger partial charge < -0.3 is 20.9 Å². The zero-order valence-corrected chi connectivity index (χ0v) is 19.7. The monoisotopic (exact) mass is 482 g/mol. The van der Waals surface area contributed by atoms with Gasteiger partial charge in [-0.15, -0.1) is 24.0 Å². The Kier molecular flexibility index (Phi) is 12.4. The lowest BCUT2D eigenvalue weighted by Crippen LogP contribution is -2.53. The van der Waals surface area contributed by atoms with Gasteiger partial charge in [0.1, 0.15) is 6.54 Å². The van der Waals surface area contributed by atoms with E-state index in [0.717, 1.165) is 45.8 Å². The molecule has 0 bridgehead atoms. The number of aliphatic imine (C=N–C) groups is 1. The van der Waals surface area contributed by atoms with Crippen molar-refractivity contribution >= 4 is 35.8 Å². The zero-order valence-electron chi connectivity index (χ0n) is 17.4. The molecule has 0 aromatic rings. The normalized spacial score (nSPS) is 18.0. The molecular formula is C18H39IN6O. The molecular weight excluding hydrogens is 443 g/mol. The topological polar surface area (TPSA) is 72.0 Å². The molecule has 1 rings (SSSR count). The Hall–Kier alpha value is -0.610. The van der Waals surface area contributed by atoms with E-state index in [1.54, 1.807) is 0 Å². The molecule has 0 saturated carbocycles. The number of guanidine groups is 1. The summed E-state index contributed by atoms with van der Waals surface area (Å²) in [7, 11) is 0. The van der Waals surface area contributed by atoms with E-state index in [4.69, 9.17) is 0 Å². The van der Waals surface area contributed by atoms with Crippen molar-refractivity contribution in [3.8, 4) is 0 Å². The molecule has 1 saturated heterocycles. The summed E-state index contributed by atoms with van der Waals surface area (Å²) in [5.41, 5.74) is -0.229. The molecule has 0 spiro atoms. The van der Waals surface area contributed by atoms with Crippen molar-refractivity contribution in [2.24, 2.45) is 4.99 Å². The predicted octanol–water partition coefficient (Wildman–Crippen LogP) is 1.10. The van der Waals surface area contributed by atoms with E-state index < -0.39 is 0 Å². The van der Waals surface area contributed by atoms with Crippen LogP contribution in [0.5, 0.6) is 0 Å². The maximum atomic E-state index is 11.9. The molecule has 26 heavy (non-hydrogen) atoms. The van der Waals surface area contributed by atoms with Gasteiger partial charge in [0, 0.05) is 50.8 Å². The molecule has 0 aromatic carbocycles. The van der Waals surface area contributed by atoms with E-state index in [1.807, 2.05) is 27.7 Å². The van der Waals surface area contributed by atoms with Crippen molar-refractivity contribution in [2.75, 3.05) is 52.4 Å². The summed E-state index contributed by atoms with van der Waals surface area (Å²) in [5.74, 6) is 0.638.